The normalized spacial score (nSPS) is 16.7. The molecule has 0 spiro atoms. The van der Waals surface area contributed by atoms with Crippen LogP contribution in [0.4, 0.5) is 0 Å². The number of hydrogen-bond donors (Lipinski definition) is 0. The molecule has 126 valence electrons. The Balaban J connectivity index is 1.86. The average Bonchev–Trinajstić information content (AvgIpc) is 3.00. The zero-order valence-electron chi connectivity index (χ0n) is 14.3. The van der Waals surface area contributed by atoms with E-state index >= 15 is 0 Å². The van der Waals surface area contributed by atoms with Crippen molar-refractivity contribution in [1.82, 2.24) is 4.98 Å². The van der Waals surface area contributed by atoms with Crippen LogP contribution < -0.4 is 0 Å². The lowest BCUT2D eigenvalue weighted by Gasteiger charge is -2.25. The third-order valence-electron chi connectivity index (χ3n) is 4.61. The van der Waals surface area contributed by atoms with E-state index in [9.17, 15) is 4.79 Å². The second-order valence-corrected chi connectivity index (χ2v) is 7.64. The summed E-state index contributed by atoms with van der Waals surface area (Å²) in [5.74, 6) is 1.47. The molecule has 1 aliphatic rings. The molecule has 1 aromatic carbocycles. The number of ketones is 1. The first-order valence-electron chi connectivity index (χ1n) is 8.46. The molecule has 3 nitrogen and oxygen atoms in total. The molecule has 1 atom stereocenters. The summed E-state index contributed by atoms with van der Waals surface area (Å²) in [6, 6.07) is 12.0. The van der Waals surface area contributed by atoms with Crippen molar-refractivity contribution >= 4 is 17.5 Å². The van der Waals surface area contributed by atoms with Crippen LogP contribution in [0.5, 0.6) is 0 Å². The maximum Gasteiger partial charge on any atom is 0.164 e. The summed E-state index contributed by atoms with van der Waals surface area (Å²) >= 11 is 1.61. The molecule has 25 heavy (non-hydrogen) atoms. The van der Waals surface area contributed by atoms with Crippen molar-refractivity contribution in [2.75, 3.05) is 0 Å². The van der Waals surface area contributed by atoms with Crippen LogP contribution in [-0.4, -0.2) is 10.8 Å². The van der Waals surface area contributed by atoms with Crippen LogP contribution in [0.25, 0.3) is 11.3 Å². The first-order chi connectivity index (χ1) is 12.1. The number of aryl methyl sites for hydroxylation is 1. The lowest BCUT2D eigenvalue weighted by atomic mass is 9.81. The molecular weight excluding hydrogens is 330 g/mol. The van der Waals surface area contributed by atoms with E-state index in [1.165, 1.54) is 0 Å². The Bertz CT molecular complexity index is 930. The zero-order chi connectivity index (χ0) is 17.4. The number of benzene rings is 1. The largest absolute Gasteiger partial charge is 0.468 e. The van der Waals surface area contributed by atoms with Crippen LogP contribution in [-0.2, 0) is 6.42 Å². The van der Waals surface area contributed by atoms with E-state index in [1.54, 1.807) is 24.2 Å². The van der Waals surface area contributed by atoms with Gasteiger partial charge in [0.2, 0.25) is 0 Å². The number of aromatic nitrogens is 1. The Morgan fingerprint density at radius 2 is 2.00 bits per heavy atom. The van der Waals surface area contributed by atoms with Crippen molar-refractivity contribution in [2.45, 2.75) is 36.5 Å². The van der Waals surface area contributed by atoms with Gasteiger partial charge in [-0.3, -0.25) is 9.78 Å². The topological polar surface area (TPSA) is 43.1 Å². The maximum absolute atomic E-state index is 12.9. The quantitative estimate of drug-likeness (QED) is 0.620. The van der Waals surface area contributed by atoms with E-state index in [0.29, 0.717) is 12.3 Å². The minimum atomic E-state index is 0.232. The van der Waals surface area contributed by atoms with E-state index in [1.807, 2.05) is 37.3 Å². The fraction of sp³-hybridized carbons (Fsp3) is 0.238. The van der Waals surface area contributed by atoms with Crippen LogP contribution in [0.3, 0.4) is 0 Å². The summed E-state index contributed by atoms with van der Waals surface area (Å²) < 4.78 is 5.40. The summed E-state index contributed by atoms with van der Waals surface area (Å²) in [4.78, 5) is 19.4. The van der Waals surface area contributed by atoms with Crippen LogP contribution >= 0.6 is 11.8 Å². The minimum absolute atomic E-state index is 0.232. The van der Waals surface area contributed by atoms with Crippen molar-refractivity contribution in [2.24, 2.45) is 5.92 Å². The first kappa shape index (κ1) is 16.2. The van der Waals surface area contributed by atoms with Gasteiger partial charge in [0.1, 0.15) is 5.76 Å². The highest BCUT2D eigenvalue weighted by atomic mass is 32.2. The SMILES string of the molecule is Cc1occc1Sc1ccc(-c2ccccn2)c2c1C(=O)CC(C)C2. The number of Topliss-reactive ketones (excluding diaryl/α,β-unsaturated/α-hetero) is 1. The molecule has 1 aliphatic carbocycles. The lowest BCUT2D eigenvalue weighted by molar-refractivity contribution is 0.0950. The van der Waals surface area contributed by atoms with Crippen LogP contribution in [0, 0.1) is 12.8 Å². The van der Waals surface area contributed by atoms with Gasteiger partial charge >= 0.3 is 0 Å². The van der Waals surface area contributed by atoms with Crippen LogP contribution in [0.2, 0.25) is 0 Å². The molecule has 0 saturated carbocycles. The van der Waals surface area contributed by atoms with Gasteiger partial charge in [-0.2, -0.15) is 0 Å². The predicted molar refractivity (Wildman–Crippen MR) is 99.1 cm³/mol. The Hall–Kier alpha value is -2.33. The molecule has 4 rings (SSSR count). The molecule has 0 fully saturated rings. The molecule has 2 heterocycles. The Labute approximate surface area is 151 Å². The minimum Gasteiger partial charge on any atom is -0.468 e. The van der Waals surface area contributed by atoms with Gasteiger partial charge in [-0.25, -0.2) is 0 Å². The third-order valence-corrected chi connectivity index (χ3v) is 5.82. The molecule has 4 heteroatoms. The van der Waals surface area contributed by atoms with Crippen molar-refractivity contribution < 1.29 is 9.21 Å². The molecule has 0 radical (unpaired) electrons. The van der Waals surface area contributed by atoms with E-state index in [2.05, 4.69) is 18.0 Å². The van der Waals surface area contributed by atoms with Crippen molar-refractivity contribution in [1.29, 1.82) is 0 Å². The smallest absolute Gasteiger partial charge is 0.164 e. The number of furan rings is 1. The zero-order valence-corrected chi connectivity index (χ0v) is 15.1. The van der Waals surface area contributed by atoms with E-state index < -0.39 is 0 Å². The predicted octanol–water partition coefficient (Wildman–Crippen LogP) is 5.57. The highest BCUT2D eigenvalue weighted by Gasteiger charge is 2.28. The number of pyridine rings is 1. The molecule has 2 aromatic heterocycles. The van der Waals surface area contributed by atoms with Crippen molar-refractivity contribution in [3.8, 4) is 11.3 Å². The third kappa shape index (κ3) is 3.02. The molecule has 3 aromatic rings. The maximum atomic E-state index is 12.9. The Kier molecular flexibility index (Phi) is 4.22. The summed E-state index contributed by atoms with van der Waals surface area (Å²) in [6.45, 7) is 4.09. The van der Waals surface area contributed by atoms with Gasteiger partial charge in [-0.1, -0.05) is 30.8 Å². The highest BCUT2D eigenvalue weighted by Crippen LogP contribution is 2.41. The lowest BCUT2D eigenvalue weighted by Crippen LogP contribution is -2.20. The van der Waals surface area contributed by atoms with Gasteiger partial charge in [0, 0.05) is 28.6 Å². The number of carbonyl (C=O) groups is 1. The van der Waals surface area contributed by atoms with Crippen molar-refractivity contribution in [3.63, 3.8) is 0 Å². The standard InChI is InChI=1S/C21H19NO2S/c1-13-11-16-15(17-5-3-4-9-22-17)6-7-20(21(16)18(23)12-13)25-19-8-10-24-14(19)2/h3-10,13H,11-12H2,1-2H3. The molecule has 0 amide bonds. The number of nitrogens with zero attached hydrogens (tertiary/aromatic N) is 1. The van der Waals surface area contributed by atoms with Crippen LogP contribution in [0.1, 0.15) is 35.0 Å². The monoisotopic (exact) mass is 349 g/mol. The first-order valence-corrected chi connectivity index (χ1v) is 9.27. The Morgan fingerprint density at radius 3 is 2.72 bits per heavy atom. The molecule has 0 bridgehead atoms. The fourth-order valence-electron chi connectivity index (χ4n) is 3.43. The summed E-state index contributed by atoms with van der Waals surface area (Å²) in [6.07, 6.45) is 5.01. The Morgan fingerprint density at radius 1 is 1.12 bits per heavy atom. The number of fused-ring (bicyclic) bond motifs is 1. The summed E-state index contributed by atoms with van der Waals surface area (Å²) in [5, 5.41) is 0. The molecule has 1 unspecified atom stereocenters. The second kappa shape index (κ2) is 6.52. The van der Waals surface area contributed by atoms with Gasteiger partial charge in [-0.15, -0.1) is 0 Å². The number of rotatable bonds is 3. The van der Waals surface area contributed by atoms with Crippen LogP contribution in [0.15, 0.2) is 63.1 Å². The summed E-state index contributed by atoms with van der Waals surface area (Å²) in [5.41, 5.74) is 4.00. The van der Waals surface area contributed by atoms with E-state index in [-0.39, 0.29) is 5.78 Å². The molecule has 0 N–H and O–H groups in total. The molecule has 0 aliphatic heterocycles. The fourth-order valence-corrected chi connectivity index (χ4v) is 4.46. The highest BCUT2D eigenvalue weighted by molar-refractivity contribution is 7.99. The second-order valence-electron chi connectivity index (χ2n) is 6.56. The van der Waals surface area contributed by atoms with Gasteiger partial charge in [-0.05, 0) is 49.1 Å². The number of hydrogen-bond acceptors (Lipinski definition) is 4. The average molecular weight is 349 g/mol. The molecule has 0 saturated heterocycles. The van der Waals surface area contributed by atoms with E-state index in [0.717, 1.165) is 44.4 Å². The van der Waals surface area contributed by atoms with Crippen molar-refractivity contribution in [3.05, 3.63) is 65.7 Å². The number of carbonyl (C=O) groups excluding carboxylic acids is 1. The molecular formula is C21H19NO2S. The van der Waals surface area contributed by atoms with Gasteiger partial charge in [0.05, 0.1) is 16.9 Å². The van der Waals surface area contributed by atoms with Gasteiger partial charge in [0.25, 0.3) is 0 Å². The van der Waals surface area contributed by atoms with Gasteiger partial charge in [0.15, 0.2) is 5.78 Å². The van der Waals surface area contributed by atoms with E-state index in [4.69, 9.17) is 4.42 Å². The summed E-state index contributed by atoms with van der Waals surface area (Å²) in [7, 11) is 0. The van der Waals surface area contributed by atoms with Gasteiger partial charge < -0.3 is 4.42 Å².